The Morgan fingerprint density at radius 3 is 2.35 bits per heavy atom. The van der Waals surface area contributed by atoms with Gasteiger partial charge < -0.3 is 10.5 Å². The van der Waals surface area contributed by atoms with Crippen molar-refractivity contribution >= 4 is 0 Å². The van der Waals surface area contributed by atoms with Gasteiger partial charge in [0.15, 0.2) is 0 Å². The molecule has 0 radical (unpaired) electrons. The molecule has 0 fully saturated rings. The molecule has 0 spiro atoms. The van der Waals surface area contributed by atoms with Crippen molar-refractivity contribution < 1.29 is 9.13 Å². The maximum atomic E-state index is 13.8. The highest BCUT2D eigenvalue weighted by molar-refractivity contribution is 5.28. The average molecular weight is 273 g/mol. The monoisotopic (exact) mass is 273 g/mol. The van der Waals surface area contributed by atoms with Gasteiger partial charge in [-0.2, -0.15) is 0 Å². The van der Waals surface area contributed by atoms with Gasteiger partial charge >= 0.3 is 0 Å². The quantitative estimate of drug-likeness (QED) is 0.868. The smallest absolute Gasteiger partial charge is 0.130 e. The van der Waals surface area contributed by atoms with Gasteiger partial charge in [0.2, 0.25) is 0 Å². The van der Waals surface area contributed by atoms with Crippen LogP contribution in [0.25, 0.3) is 0 Å². The summed E-state index contributed by atoms with van der Waals surface area (Å²) in [5, 5.41) is 0. The lowest BCUT2D eigenvalue weighted by atomic mass is 10.1. The van der Waals surface area contributed by atoms with Crippen LogP contribution in [-0.4, -0.2) is 0 Å². The second-order valence-corrected chi connectivity index (χ2v) is 4.81. The van der Waals surface area contributed by atoms with Gasteiger partial charge in [-0.3, -0.25) is 0 Å². The Balaban J connectivity index is 1.97. The van der Waals surface area contributed by atoms with Crippen LogP contribution in [0.1, 0.15) is 30.0 Å². The molecule has 0 unspecified atom stereocenters. The molecule has 0 saturated carbocycles. The molecule has 2 N–H and O–H groups in total. The molecule has 106 valence electrons. The van der Waals surface area contributed by atoms with E-state index >= 15 is 0 Å². The van der Waals surface area contributed by atoms with Crippen LogP contribution in [0.15, 0.2) is 42.5 Å². The predicted molar refractivity (Wildman–Crippen MR) is 79.1 cm³/mol. The maximum absolute atomic E-state index is 13.8. The zero-order chi connectivity index (χ0) is 14.4. The Kier molecular flexibility index (Phi) is 5.13. The van der Waals surface area contributed by atoms with Gasteiger partial charge in [-0.25, -0.2) is 4.39 Å². The van der Waals surface area contributed by atoms with E-state index in [9.17, 15) is 4.39 Å². The molecule has 0 aliphatic carbocycles. The average Bonchev–Trinajstić information content (AvgIpc) is 2.48. The molecule has 0 amide bonds. The van der Waals surface area contributed by atoms with Gasteiger partial charge in [0.1, 0.15) is 18.2 Å². The molecule has 0 aliphatic rings. The van der Waals surface area contributed by atoms with Crippen molar-refractivity contribution in [1.29, 1.82) is 0 Å². The summed E-state index contributed by atoms with van der Waals surface area (Å²) in [5.41, 5.74) is 8.09. The van der Waals surface area contributed by atoms with E-state index in [0.717, 1.165) is 24.2 Å². The molecule has 2 aromatic carbocycles. The minimum absolute atomic E-state index is 0.226. The summed E-state index contributed by atoms with van der Waals surface area (Å²) >= 11 is 0. The van der Waals surface area contributed by atoms with Crippen molar-refractivity contribution in [3.8, 4) is 5.75 Å². The van der Waals surface area contributed by atoms with Gasteiger partial charge in [-0.15, -0.1) is 0 Å². The number of rotatable bonds is 6. The molecule has 3 heteroatoms. The molecule has 20 heavy (non-hydrogen) atoms. The van der Waals surface area contributed by atoms with Crippen molar-refractivity contribution in [3.05, 3.63) is 65.0 Å². The number of hydrogen-bond acceptors (Lipinski definition) is 2. The van der Waals surface area contributed by atoms with E-state index in [1.54, 1.807) is 6.07 Å². The van der Waals surface area contributed by atoms with E-state index in [2.05, 4.69) is 6.92 Å². The van der Waals surface area contributed by atoms with E-state index in [-0.39, 0.29) is 12.4 Å². The lowest BCUT2D eigenvalue weighted by Crippen LogP contribution is -2.02. The zero-order valence-corrected chi connectivity index (χ0v) is 11.7. The second-order valence-electron chi connectivity index (χ2n) is 4.81. The molecule has 0 atom stereocenters. The van der Waals surface area contributed by atoms with Crippen LogP contribution in [0.3, 0.4) is 0 Å². The van der Waals surface area contributed by atoms with Crippen LogP contribution in [0.4, 0.5) is 4.39 Å². The minimum Gasteiger partial charge on any atom is -0.489 e. The molecule has 0 aromatic heterocycles. The summed E-state index contributed by atoms with van der Waals surface area (Å²) in [6.45, 7) is 2.72. The number of halogens is 1. The Morgan fingerprint density at radius 1 is 1.05 bits per heavy atom. The number of benzene rings is 2. The van der Waals surface area contributed by atoms with E-state index in [1.165, 1.54) is 11.6 Å². The SMILES string of the molecule is CCCc1ccc(OCc2ccc(CN)cc2F)cc1. The van der Waals surface area contributed by atoms with Crippen LogP contribution >= 0.6 is 0 Å². The fourth-order valence-corrected chi connectivity index (χ4v) is 2.04. The van der Waals surface area contributed by atoms with Gasteiger partial charge in [-0.1, -0.05) is 37.6 Å². The Hall–Kier alpha value is -1.87. The van der Waals surface area contributed by atoms with Crippen LogP contribution < -0.4 is 10.5 Å². The minimum atomic E-state index is -0.268. The highest BCUT2D eigenvalue weighted by Crippen LogP contribution is 2.17. The Morgan fingerprint density at radius 2 is 1.75 bits per heavy atom. The third kappa shape index (κ3) is 3.81. The number of hydrogen-bond donors (Lipinski definition) is 1. The summed E-state index contributed by atoms with van der Waals surface area (Å²) in [4.78, 5) is 0. The molecular weight excluding hydrogens is 253 g/mol. The first kappa shape index (κ1) is 14.5. The lowest BCUT2D eigenvalue weighted by Gasteiger charge is -2.09. The highest BCUT2D eigenvalue weighted by Gasteiger charge is 2.04. The maximum Gasteiger partial charge on any atom is 0.130 e. The summed E-state index contributed by atoms with van der Waals surface area (Å²) in [6, 6.07) is 13.0. The van der Waals surface area contributed by atoms with E-state index in [4.69, 9.17) is 10.5 Å². The Labute approximate surface area is 119 Å². The molecule has 2 aromatic rings. The van der Waals surface area contributed by atoms with Crippen molar-refractivity contribution in [3.63, 3.8) is 0 Å². The normalized spacial score (nSPS) is 10.6. The first-order chi connectivity index (χ1) is 9.72. The van der Waals surface area contributed by atoms with E-state index in [1.807, 2.05) is 30.3 Å². The van der Waals surface area contributed by atoms with Crippen molar-refractivity contribution in [1.82, 2.24) is 0 Å². The number of ether oxygens (including phenoxy) is 1. The molecule has 0 saturated heterocycles. The standard InChI is InChI=1S/C17H20FNO/c1-2-3-13-5-8-16(9-6-13)20-12-15-7-4-14(11-19)10-17(15)18/h4-10H,2-3,11-12,19H2,1H3. The summed E-state index contributed by atoms with van der Waals surface area (Å²) < 4.78 is 19.4. The lowest BCUT2D eigenvalue weighted by molar-refractivity contribution is 0.299. The van der Waals surface area contributed by atoms with Gasteiger partial charge in [0, 0.05) is 12.1 Å². The summed E-state index contributed by atoms with van der Waals surface area (Å²) in [5.74, 6) is 0.489. The summed E-state index contributed by atoms with van der Waals surface area (Å²) in [7, 11) is 0. The predicted octanol–water partition coefficient (Wildman–Crippen LogP) is 3.82. The largest absolute Gasteiger partial charge is 0.489 e. The Bertz CT molecular complexity index is 551. The third-order valence-corrected chi connectivity index (χ3v) is 3.21. The molecule has 0 heterocycles. The first-order valence-corrected chi connectivity index (χ1v) is 6.92. The number of nitrogens with two attached hydrogens (primary N) is 1. The van der Waals surface area contributed by atoms with Crippen LogP contribution in [0.2, 0.25) is 0 Å². The van der Waals surface area contributed by atoms with Gasteiger partial charge in [0.05, 0.1) is 0 Å². The highest BCUT2D eigenvalue weighted by atomic mass is 19.1. The zero-order valence-electron chi connectivity index (χ0n) is 11.7. The fourth-order valence-electron chi connectivity index (χ4n) is 2.04. The topological polar surface area (TPSA) is 35.2 Å². The van der Waals surface area contributed by atoms with Crippen LogP contribution in [0, 0.1) is 5.82 Å². The summed E-state index contributed by atoms with van der Waals surface area (Å²) in [6.07, 6.45) is 2.19. The van der Waals surface area contributed by atoms with Gasteiger partial charge in [0.25, 0.3) is 0 Å². The van der Waals surface area contributed by atoms with Gasteiger partial charge in [-0.05, 0) is 35.7 Å². The van der Waals surface area contributed by atoms with E-state index in [0.29, 0.717) is 12.1 Å². The molecule has 0 bridgehead atoms. The number of aryl methyl sites for hydroxylation is 1. The van der Waals surface area contributed by atoms with Crippen molar-refractivity contribution in [2.45, 2.75) is 32.9 Å². The van der Waals surface area contributed by atoms with Crippen LogP contribution in [-0.2, 0) is 19.6 Å². The fraction of sp³-hybridized carbons (Fsp3) is 0.294. The molecule has 2 nitrogen and oxygen atoms in total. The third-order valence-electron chi connectivity index (χ3n) is 3.21. The first-order valence-electron chi connectivity index (χ1n) is 6.92. The second kappa shape index (κ2) is 7.06. The van der Waals surface area contributed by atoms with Crippen molar-refractivity contribution in [2.75, 3.05) is 0 Å². The van der Waals surface area contributed by atoms with Crippen molar-refractivity contribution in [2.24, 2.45) is 5.73 Å². The molecule has 0 aliphatic heterocycles. The molecule has 2 rings (SSSR count). The molecular formula is C17H20FNO. The van der Waals surface area contributed by atoms with Crippen LogP contribution in [0.5, 0.6) is 5.75 Å². The van der Waals surface area contributed by atoms with E-state index < -0.39 is 0 Å².